The van der Waals surface area contributed by atoms with E-state index in [2.05, 4.69) is 4.98 Å². The van der Waals surface area contributed by atoms with Gasteiger partial charge in [-0.2, -0.15) is 0 Å². The smallest absolute Gasteiger partial charge is 0.347 e. The fourth-order valence-electron chi connectivity index (χ4n) is 1.91. The predicted molar refractivity (Wildman–Crippen MR) is 68.4 cm³/mol. The lowest BCUT2D eigenvalue weighted by Crippen LogP contribution is -1.97. The number of furan rings is 1. The summed E-state index contributed by atoms with van der Waals surface area (Å²) >= 11 is 5.14. The van der Waals surface area contributed by atoms with E-state index in [-0.39, 0.29) is 0 Å². The zero-order chi connectivity index (χ0) is 12.7. The Kier molecular flexibility index (Phi) is 2.41. The van der Waals surface area contributed by atoms with Crippen molar-refractivity contribution in [3.8, 4) is 0 Å². The Morgan fingerprint density at radius 1 is 1.44 bits per heavy atom. The minimum Gasteiger partial charge on any atom is -0.472 e. The van der Waals surface area contributed by atoms with Crippen LogP contribution in [-0.4, -0.2) is 11.0 Å². The highest BCUT2D eigenvalue weighted by molar-refractivity contribution is 7.71. The standard InChI is InChI=1S/C13H9NO3S/c1-7-4-9-10(5-8-2-3-16-6-8)17-13(15)11(9)12(18)14-7/h2-6H,1H3,(H,14,18)/b10-5-. The maximum Gasteiger partial charge on any atom is 0.347 e. The molecule has 0 amide bonds. The molecule has 2 aromatic rings. The molecule has 2 aromatic heterocycles. The fraction of sp³-hybridized carbons (Fsp3) is 0.0769. The van der Waals surface area contributed by atoms with Crippen molar-refractivity contribution in [3.63, 3.8) is 0 Å². The van der Waals surface area contributed by atoms with E-state index >= 15 is 0 Å². The van der Waals surface area contributed by atoms with Crippen LogP contribution in [0.2, 0.25) is 0 Å². The second kappa shape index (κ2) is 3.96. The van der Waals surface area contributed by atoms with Crippen LogP contribution in [-0.2, 0) is 4.74 Å². The van der Waals surface area contributed by atoms with Crippen LogP contribution >= 0.6 is 12.2 Å². The number of rotatable bonds is 1. The Labute approximate surface area is 108 Å². The van der Waals surface area contributed by atoms with E-state index < -0.39 is 5.97 Å². The van der Waals surface area contributed by atoms with Crippen molar-refractivity contribution in [1.82, 2.24) is 4.98 Å². The summed E-state index contributed by atoms with van der Waals surface area (Å²) < 4.78 is 10.6. The molecule has 0 radical (unpaired) electrons. The normalized spacial score (nSPS) is 15.8. The highest BCUT2D eigenvalue weighted by Gasteiger charge is 2.28. The lowest BCUT2D eigenvalue weighted by molar-refractivity contribution is 0.0716. The van der Waals surface area contributed by atoms with Crippen molar-refractivity contribution in [2.45, 2.75) is 6.92 Å². The van der Waals surface area contributed by atoms with E-state index in [9.17, 15) is 4.79 Å². The third-order valence-corrected chi connectivity index (χ3v) is 2.99. The average molecular weight is 259 g/mol. The molecule has 0 saturated carbocycles. The molecule has 0 bridgehead atoms. The van der Waals surface area contributed by atoms with E-state index in [0.29, 0.717) is 16.0 Å². The van der Waals surface area contributed by atoms with Crippen molar-refractivity contribution in [1.29, 1.82) is 0 Å². The Hall–Kier alpha value is -2.14. The summed E-state index contributed by atoms with van der Waals surface area (Å²) in [7, 11) is 0. The minimum atomic E-state index is -0.416. The van der Waals surface area contributed by atoms with Crippen LogP contribution in [0.5, 0.6) is 0 Å². The number of pyridine rings is 1. The number of fused-ring (bicyclic) bond motifs is 1. The number of H-pyrrole nitrogens is 1. The van der Waals surface area contributed by atoms with E-state index in [1.807, 2.05) is 13.0 Å². The summed E-state index contributed by atoms with van der Waals surface area (Å²) in [5.41, 5.74) is 2.87. The molecule has 3 rings (SSSR count). The summed E-state index contributed by atoms with van der Waals surface area (Å²) in [6, 6.07) is 3.64. The molecule has 5 heteroatoms. The lowest BCUT2D eigenvalue weighted by Gasteiger charge is -1.99. The molecule has 4 nitrogen and oxygen atoms in total. The third-order valence-electron chi connectivity index (χ3n) is 2.68. The van der Waals surface area contributed by atoms with Gasteiger partial charge in [-0.3, -0.25) is 0 Å². The largest absolute Gasteiger partial charge is 0.472 e. The number of hydrogen-bond donors (Lipinski definition) is 1. The molecule has 1 aliphatic heterocycles. The summed E-state index contributed by atoms with van der Waals surface area (Å²) in [6.07, 6.45) is 4.89. The molecule has 0 saturated heterocycles. The van der Waals surface area contributed by atoms with Gasteiger partial charge in [0.2, 0.25) is 0 Å². The lowest BCUT2D eigenvalue weighted by atomic mass is 10.1. The van der Waals surface area contributed by atoms with Gasteiger partial charge >= 0.3 is 5.97 Å². The molecule has 0 aliphatic carbocycles. The molecule has 0 fully saturated rings. The molecule has 0 spiro atoms. The van der Waals surface area contributed by atoms with E-state index in [1.165, 1.54) is 0 Å². The Balaban J connectivity index is 2.20. The summed E-state index contributed by atoms with van der Waals surface area (Å²) in [5, 5.41) is 0. The summed E-state index contributed by atoms with van der Waals surface area (Å²) in [6.45, 7) is 1.88. The maximum atomic E-state index is 11.8. The number of aromatic nitrogens is 1. The molecule has 0 aromatic carbocycles. The second-order valence-corrected chi connectivity index (χ2v) is 4.43. The van der Waals surface area contributed by atoms with Crippen LogP contribution in [0.15, 0.2) is 29.1 Å². The van der Waals surface area contributed by atoms with Gasteiger partial charge in [0.05, 0.1) is 12.5 Å². The molecule has 90 valence electrons. The molecule has 0 atom stereocenters. The van der Waals surface area contributed by atoms with Crippen molar-refractivity contribution in [2.24, 2.45) is 0 Å². The SMILES string of the molecule is Cc1cc2c(c(=S)[nH]1)C(=O)O/C2=C\c1ccoc1. The maximum absolute atomic E-state index is 11.8. The number of cyclic esters (lactones) is 1. The zero-order valence-corrected chi connectivity index (χ0v) is 10.3. The van der Waals surface area contributed by atoms with Crippen LogP contribution in [0.1, 0.15) is 27.2 Å². The van der Waals surface area contributed by atoms with E-state index in [0.717, 1.165) is 16.8 Å². The molecule has 0 unspecified atom stereocenters. The van der Waals surface area contributed by atoms with Crippen molar-refractivity contribution < 1.29 is 13.9 Å². The van der Waals surface area contributed by atoms with Gasteiger partial charge in [0.25, 0.3) is 0 Å². The quantitative estimate of drug-likeness (QED) is 0.630. The molecule has 1 aliphatic rings. The first kappa shape index (κ1) is 11.0. The van der Waals surface area contributed by atoms with Gasteiger partial charge in [-0.05, 0) is 25.1 Å². The number of aryl methyl sites for hydroxylation is 1. The fourth-order valence-corrected chi connectivity index (χ4v) is 2.26. The highest BCUT2D eigenvalue weighted by atomic mass is 32.1. The number of hydrogen-bond acceptors (Lipinski definition) is 4. The van der Waals surface area contributed by atoms with Gasteiger partial charge in [-0.15, -0.1) is 0 Å². The number of nitrogens with one attached hydrogen (secondary N) is 1. The molecule has 1 N–H and O–H groups in total. The number of ether oxygens (including phenoxy) is 1. The average Bonchev–Trinajstić information content (AvgIpc) is 2.88. The predicted octanol–water partition coefficient (Wildman–Crippen LogP) is 3.31. The second-order valence-electron chi connectivity index (χ2n) is 4.02. The van der Waals surface area contributed by atoms with Crippen molar-refractivity contribution in [3.05, 3.63) is 51.7 Å². The summed E-state index contributed by atoms with van der Waals surface area (Å²) in [4.78, 5) is 14.7. The zero-order valence-electron chi connectivity index (χ0n) is 9.52. The highest BCUT2D eigenvalue weighted by Crippen LogP contribution is 2.32. The van der Waals surface area contributed by atoms with Crippen molar-refractivity contribution >= 4 is 30.0 Å². The van der Waals surface area contributed by atoms with Gasteiger partial charge < -0.3 is 14.1 Å². The number of carbonyl (C=O) groups excluding carboxylic acids is 1. The van der Waals surface area contributed by atoms with Crippen LogP contribution in [0.3, 0.4) is 0 Å². The van der Waals surface area contributed by atoms with Gasteiger partial charge in [0, 0.05) is 16.8 Å². The Morgan fingerprint density at radius 2 is 2.28 bits per heavy atom. The van der Waals surface area contributed by atoms with Crippen LogP contribution in [0, 0.1) is 11.6 Å². The van der Waals surface area contributed by atoms with Crippen LogP contribution in [0.25, 0.3) is 11.8 Å². The topological polar surface area (TPSA) is 55.2 Å². The monoisotopic (exact) mass is 259 g/mol. The molecule has 18 heavy (non-hydrogen) atoms. The van der Waals surface area contributed by atoms with Gasteiger partial charge in [0.15, 0.2) is 0 Å². The van der Waals surface area contributed by atoms with Gasteiger partial charge in [-0.1, -0.05) is 12.2 Å². The van der Waals surface area contributed by atoms with Crippen molar-refractivity contribution in [2.75, 3.05) is 0 Å². The van der Waals surface area contributed by atoms with E-state index in [4.69, 9.17) is 21.4 Å². The first-order valence-electron chi connectivity index (χ1n) is 5.35. The summed E-state index contributed by atoms with van der Waals surface area (Å²) in [5.74, 6) is 0.0839. The Bertz CT molecular complexity index is 710. The molecular weight excluding hydrogens is 250 g/mol. The molecule has 3 heterocycles. The minimum absolute atomic E-state index is 0.408. The number of esters is 1. The van der Waals surface area contributed by atoms with Gasteiger partial charge in [0.1, 0.15) is 16.0 Å². The first-order chi connectivity index (χ1) is 8.65. The Morgan fingerprint density at radius 3 is 3.00 bits per heavy atom. The van der Waals surface area contributed by atoms with Crippen LogP contribution in [0.4, 0.5) is 0 Å². The van der Waals surface area contributed by atoms with E-state index in [1.54, 1.807) is 24.7 Å². The van der Waals surface area contributed by atoms with Gasteiger partial charge in [-0.25, -0.2) is 4.79 Å². The van der Waals surface area contributed by atoms with Crippen LogP contribution < -0.4 is 0 Å². The molecular formula is C13H9NO3S. The first-order valence-corrected chi connectivity index (χ1v) is 5.76. The number of aromatic amines is 1. The third kappa shape index (κ3) is 1.69. The number of carbonyl (C=O) groups is 1.